The largest absolute Gasteiger partial charge is 0.351 e. The molecular weight excluding hydrogens is 458 g/mol. The predicted octanol–water partition coefficient (Wildman–Crippen LogP) is 4.05. The number of carbonyl (C=O) groups is 1. The van der Waals surface area contributed by atoms with E-state index in [1.165, 1.54) is 18.4 Å². The molecule has 0 saturated carbocycles. The van der Waals surface area contributed by atoms with Gasteiger partial charge in [-0.15, -0.1) is 0 Å². The van der Waals surface area contributed by atoms with Crippen LogP contribution in [0.15, 0.2) is 72.8 Å². The van der Waals surface area contributed by atoms with Gasteiger partial charge in [-0.05, 0) is 65.9 Å². The van der Waals surface area contributed by atoms with Crippen molar-refractivity contribution in [3.63, 3.8) is 0 Å². The summed E-state index contributed by atoms with van der Waals surface area (Å²) in [5.74, 6) is -1.36. The maximum atomic E-state index is 12.5. The van der Waals surface area contributed by atoms with Crippen LogP contribution in [0, 0.1) is 11.3 Å². The molecule has 3 aromatic rings. The Hall–Kier alpha value is -3.47. The molecular formula is C28H29N3O3S. The molecule has 1 aliphatic heterocycles. The number of hydrogen-bond donors (Lipinski definition) is 1. The van der Waals surface area contributed by atoms with Crippen molar-refractivity contribution in [2.75, 3.05) is 18.8 Å². The molecule has 1 amide bonds. The Kier molecular flexibility index (Phi) is 7.96. The summed E-state index contributed by atoms with van der Waals surface area (Å²) in [6.45, 7) is 3.53. The molecule has 1 N–H and O–H groups in total. The number of sulfone groups is 1. The van der Waals surface area contributed by atoms with E-state index in [1.807, 2.05) is 30.3 Å². The van der Waals surface area contributed by atoms with Crippen LogP contribution in [0.5, 0.6) is 0 Å². The summed E-state index contributed by atoms with van der Waals surface area (Å²) in [6.07, 6.45) is 2.54. The van der Waals surface area contributed by atoms with Gasteiger partial charge in [0.05, 0.1) is 17.4 Å². The van der Waals surface area contributed by atoms with Gasteiger partial charge in [0.15, 0.2) is 9.84 Å². The van der Waals surface area contributed by atoms with Crippen molar-refractivity contribution >= 4 is 15.7 Å². The molecule has 0 atom stereocenters. The fourth-order valence-electron chi connectivity index (χ4n) is 4.37. The van der Waals surface area contributed by atoms with Crippen molar-refractivity contribution < 1.29 is 13.2 Å². The third-order valence-corrected chi connectivity index (χ3v) is 7.66. The van der Waals surface area contributed by atoms with Gasteiger partial charge < -0.3 is 5.32 Å². The van der Waals surface area contributed by atoms with Crippen molar-refractivity contribution in [2.24, 2.45) is 0 Å². The number of nitrogens with zero attached hydrogens (tertiary/aromatic N) is 2. The summed E-state index contributed by atoms with van der Waals surface area (Å²) in [5, 5.41) is 11.6. The fourth-order valence-corrected chi connectivity index (χ4v) is 5.67. The third-order valence-electron chi connectivity index (χ3n) is 6.18. The highest BCUT2D eigenvalue weighted by molar-refractivity contribution is 7.91. The molecule has 3 aromatic carbocycles. The van der Waals surface area contributed by atoms with Crippen molar-refractivity contribution in [3.05, 3.63) is 95.1 Å². The number of nitrogens with one attached hydrogen (secondary N) is 1. The third kappa shape index (κ3) is 7.01. The van der Waals surface area contributed by atoms with Gasteiger partial charge in [0.2, 0.25) is 5.91 Å². The number of carbonyl (C=O) groups excluding carboxylic acids is 1. The summed E-state index contributed by atoms with van der Waals surface area (Å²) >= 11 is 0. The van der Waals surface area contributed by atoms with Gasteiger partial charge in [-0.2, -0.15) is 5.26 Å². The van der Waals surface area contributed by atoms with E-state index in [1.54, 1.807) is 24.3 Å². The summed E-state index contributed by atoms with van der Waals surface area (Å²) in [7, 11) is -3.63. The summed E-state index contributed by atoms with van der Waals surface area (Å²) in [5.41, 5.74) is 5.31. The highest BCUT2D eigenvalue weighted by atomic mass is 32.2. The smallest absolute Gasteiger partial charge is 0.235 e. The number of rotatable bonds is 9. The van der Waals surface area contributed by atoms with Crippen LogP contribution in [0.2, 0.25) is 0 Å². The van der Waals surface area contributed by atoms with Gasteiger partial charge in [0, 0.05) is 13.1 Å². The average molecular weight is 488 g/mol. The zero-order valence-corrected chi connectivity index (χ0v) is 20.4. The lowest BCUT2D eigenvalue weighted by Gasteiger charge is -2.15. The Labute approximate surface area is 207 Å². The minimum Gasteiger partial charge on any atom is -0.351 e. The Morgan fingerprint density at radius 2 is 1.57 bits per heavy atom. The maximum Gasteiger partial charge on any atom is 0.235 e. The summed E-state index contributed by atoms with van der Waals surface area (Å²) in [4.78, 5) is 14.9. The van der Waals surface area contributed by atoms with E-state index >= 15 is 0 Å². The molecule has 1 saturated heterocycles. The van der Waals surface area contributed by atoms with Crippen molar-refractivity contribution in [1.29, 1.82) is 5.26 Å². The minimum absolute atomic E-state index is 0.244. The van der Waals surface area contributed by atoms with Crippen molar-refractivity contribution in [2.45, 2.75) is 31.7 Å². The van der Waals surface area contributed by atoms with Gasteiger partial charge in [0.1, 0.15) is 5.75 Å². The second-order valence-corrected chi connectivity index (χ2v) is 11.0. The number of amides is 1. The maximum absolute atomic E-state index is 12.5. The molecule has 0 bridgehead atoms. The van der Waals surface area contributed by atoms with Crippen LogP contribution in [-0.4, -0.2) is 38.1 Å². The normalized spacial score (nSPS) is 13.9. The van der Waals surface area contributed by atoms with E-state index in [2.05, 4.69) is 34.5 Å². The molecule has 0 spiro atoms. The Morgan fingerprint density at radius 3 is 2.26 bits per heavy atom. The van der Waals surface area contributed by atoms with Crippen LogP contribution in [0.4, 0.5) is 0 Å². The van der Waals surface area contributed by atoms with Crippen LogP contribution < -0.4 is 5.32 Å². The van der Waals surface area contributed by atoms with E-state index in [-0.39, 0.29) is 12.3 Å². The molecule has 180 valence electrons. The topological polar surface area (TPSA) is 90.3 Å². The second kappa shape index (κ2) is 11.3. The molecule has 0 radical (unpaired) electrons. The van der Waals surface area contributed by atoms with Crippen molar-refractivity contribution in [1.82, 2.24) is 10.2 Å². The number of likely N-dealkylation sites (tertiary alicyclic amines) is 1. The molecule has 1 aliphatic rings. The Bertz CT molecular complexity index is 1300. The van der Waals surface area contributed by atoms with Gasteiger partial charge >= 0.3 is 0 Å². The zero-order chi connectivity index (χ0) is 24.7. The predicted molar refractivity (Wildman–Crippen MR) is 137 cm³/mol. The Balaban J connectivity index is 1.35. The zero-order valence-electron chi connectivity index (χ0n) is 19.6. The van der Waals surface area contributed by atoms with E-state index in [0.717, 1.165) is 36.3 Å². The Morgan fingerprint density at radius 1 is 0.914 bits per heavy atom. The number of benzene rings is 3. The van der Waals surface area contributed by atoms with Crippen LogP contribution in [0.25, 0.3) is 11.1 Å². The van der Waals surface area contributed by atoms with E-state index in [9.17, 15) is 13.2 Å². The SMILES string of the molecule is N#Cc1ccc(CS(=O)(=O)CC(=O)NCc2ccccc2-c2ccc(CN3CCCC3)cc2)cc1. The van der Waals surface area contributed by atoms with Crippen LogP contribution >= 0.6 is 0 Å². The van der Waals surface area contributed by atoms with Gasteiger partial charge in [-0.1, -0.05) is 60.7 Å². The van der Waals surface area contributed by atoms with E-state index < -0.39 is 21.5 Å². The summed E-state index contributed by atoms with van der Waals surface area (Å²) in [6, 6.07) is 24.7. The van der Waals surface area contributed by atoms with Crippen LogP contribution in [-0.2, 0) is 33.5 Å². The molecule has 7 heteroatoms. The van der Waals surface area contributed by atoms with E-state index in [4.69, 9.17) is 5.26 Å². The molecule has 6 nitrogen and oxygen atoms in total. The van der Waals surface area contributed by atoms with Gasteiger partial charge in [-0.3, -0.25) is 9.69 Å². The lowest BCUT2D eigenvalue weighted by Crippen LogP contribution is -2.30. The molecule has 0 aliphatic carbocycles. The first-order chi connectivity index (χ1) is 16.9. The first kappa shape index (κ1) is 24.6. The van der Waals surface area contributed by atoms with E-state index in [0.29, 0.717) is 11.1 Å². The molecule has 35 heavy (non-hydrogen) atoms. The lowest BCUT2D eigenvalue weighted by molar-refractivity contribution is -0.118. The highest BCUT2D eigenvalue weighted by Crippen LogP contribution is 2.25. The first-order valence-corrected chi connectivity index (χ1v) is 13.6. The van der Waals surface area contributed by atoms with Crippen molar-refractivity contribution in [3.8, 4) is 17.2 Å². The van der Waals surface area contributed by atoms with Crippen LogP contribution in [0.1, 0.15) is 35.1 Å². The summed E-state index contributed by atoms with van der Waals surface area (Å²) < 4.78 is 25.0. The number of nitriles is 1. The molecule has 1 heterocycles. The lowest BCUT2D eigenvalue weighted by atomic mass is 9.98. The number of hydrogen-bond acceptors (Lipinski definition) is 5. The fraction of sp³-hybridized carbons (Fsp3) is 0.286. The standard InChI is InChI=1S/C28H29N3O3S/c29-17-22-7-9-24(10-8-22)20-35(33,34)21-28(32)30-18-26-5-1-2-6-27(26)25-13-11-23(12-14-25)19-31-15-3-4-16-31/h1-2,5-14H,3-4,15-16,18-21H2,(H,30,32). The molecule has 1 fully saturated rings. The quantitative estimate of drug-likeness (QED) is 0.492. The molecule has 0 unspecified atom stereocenters. The minimum atomic E-state index is -3.63. The average Bonchev–Trinajstić information content (AvgIpc) is 3.36. The highest BCUT2D eigenvalue weighted by Gasteiger charge is 2.18. The first-order valence-electron chi connectivity index (χ1n) is 11.8. The molecule has 4 rings (SSSR count). The second-order valence-electron chi connectivity index (χ2n) is 8.96. The molecule has 0 aromatic heterocycles. The van der Waals surface area contributed by atoms with Gasteiger partial charge in [-0.25, -0.2) is 8.42 Å². The van der Waals surface area contributed by atoms with Gasteiger partial charge in [0.25, 0.3) is 0 Å². The van der Waals surface area contributed by atoms with Crippen LogP contribution in [0.3, 0.4) is 0 Å². The monoisotopic (exact) mass is 487 g/mol.